The summed E-state index contributed by atoms with van der Waals surface area (Å²) >= 11 is 1.67. The van der Waals surface area contributed by atoms with Gasteiger partial charge in [0.25, 0.3) is 0 Å². The standard InChI is InChI=1S/C18H25N3O2S/c1-3-14(4-2)18(22)21-9-7-20(8-10-21)12-17-19-15(13-24-17)16-6-5-11-23-16/h5-6,11,13-14H,3-4,7-10,12H2,1-2H3. The van der Waals surface area contributed by atoms with Crippen molar-refractivity contribution < 1.29 is 9.21 Å². The fourth-order valence-electron chi connectivity index (χ4n) is 3.13. The van der Waals surface area contributed by atoms with Crippen molar-refractivity contribution in [3.8, 4) is 11.5 Å². The lowest BCUT2D eigenvalue weighted by Gasteiger charge is -2.35. The Labute approximate surface area is 147 Å². The highest BCUT2D eigenvalue weighted by molar-refractivity contribution is 7.09. The third-order valence-electron chi connectivity index (χ3n) is 4.70. The summed E-state index contributed by atoms with van der Waals surface area (Å²) in [4.78, 5) is 21.5. The monoisotopic (exact) mass is 347 g/mol. The third-order valence-corrected chi connectivity index (χ3v) is 5.54. The maximum absolute atomic E-state index is 12.4. The molecule has 0 spiro atoms. The molecule has 0 aromatic carbocycles. The first-order chi connectivity index (χ1) is 11.7. The quantitative estimate of drug-likeness (QED) is 0.803. The molecule has 3 heterocycles. The molecule has 130 valence electrons. The van der Waals surface area contributed by atoms with Gasteiger partial charge in [-0.25, -0.2) is 4.98 Å². The molecular formula is C18H25N3O2S. The van der Waals surface area contributed by atoms with E-state index >= 15 is 0 Å². The summed E-state index contributed by atoms with van der Waals surface area (Å²) < 4.78 is 5.39. The molecule has 0 unspecified atom stereocenters. The van der Waals surface area contributed by atoms with Gasteiger partial charge in [0.15, 0.2) is 5.76 Å². The van der Waals surface area contributed by atoms with Crippen molar-refractivity contribution in [2.75, 3.05) is 26.2 Å². The van der Waals surface area contributed by atoms with Crippen LogP contribution in [-0.4, -0.2) is 46.9 Å². The average Bonchev–Trinajstić information content (AvgIpc) is 3.28. The largest absolute Gasteiger partial charge is 0.463 e. The Morgan fingerprint density at radius 1 is 1.29 bits per heavy atom. The molecule has 2 aromatic heterocycles. The predicted octanol–water partition coefficient (Wildman–Crippen LogP) is 3.48. The Bertz CT molecular complexity index is 641. The number of rotatable bonds is 6. The van der Waals surface area contributed by atoms with Crippen LogP contribution >= 0.6 is 11.3 Å². The topological polar surface area (TPSA) is 49.6 Å². The van der Waals surface area contributed by atoms with Crippen molar-refractivity contribution in [3.63, 3.8) is 0 Å². The van der Waals surface area contributed by atoms with Crippen molar-refractivity contribution in [2.45, 2.75) is 33.2 Å². The average molecular weight is 347 g/mol. The Balaban J connectivity index is 1.51. The first-order valence-corrected chi connectivity index (χ1v) is 9.58. The summed E-state index contributed by atoms with van der Waals surface area (Å²) in [5, 5.41) is 3.14. The Morgan fingerprint density at radius 3 is 2.67 bits per heavy atom. The Kier molecular flexibility index (Phi) is 5.68. The number of amides is 1. The zero-order valence-corrected chi connectivity index (χ0v) is 15.2. The van der Waals surface area contributed by atoms with Crippen molar-refractivity contribution >= 4 is 17.2 Å². The number of hydrogen-bond acceptors (Lipinski definition) is 5. The van der Waals surface area contributed by atoms with Crippen LogP contribution in [0.5, 0.6) is 0 Å². The molecular weight excluding hydrogens is 322 g/mol. The van der Waals surface area contributed by atoms with E-state index in [0.717, 1.165) is 62.0 Å². The van der Waals surface area contributed by atoms with Gasteiger partial charge in [0.1, 0.15) is 10.7 Å². The van der Waals surface area contributed by atoms with E-state index in [0.29, 0.717) is 5.91 Å². The van der Waals surface area contributed by atoms with E-state index in [2.05, 4.69) is 23.7 Å². The van der Waals surface area contributed by atoms with E-state index in [1.807, 2.05) is 22.4 Å². The van der Waals surface area contributed by atoms with Crippen LogP contribution in [0, 0.1) is 5.92 Å². The van der Waals surface area contributed by atoms with E-state index in [4.69, 9.17) is 4.42 Å². The van der Waals surface area contributed by atoms with Crippen LogP contribution in [0.3, 0.4) is 0 Å². The van der Waals surface area contributed by atoms with Crippen molar-refractivity contribution in [2.24, 2.45) is 5.92 Å². The van der Waals surface area contributed by atoms with Gasteiger partial charge in [-0.3, -0.25) is 9.69 Å². The van der Waals surface area contributed by atoms with Crippen LogP contribution in [0.25, 0.3) is 11.5 Å². The zero-order valence-electron chi connectivity index (χ0n) is 14.4. The van der Waals surface area contributed by atoms with Gasteiger partial charge in [0, 0.05) is 37.5 Å². The fraction of sp³-hybridized carbons (Fsp3) is 0.556. The summed E-state index contributed by atoms with van der Waals surface area (Å²) in [7, 11) is 0. The first-order valence-electron chi connectivity index (χ1n) is 8.70. The molecule has 3 rings (SSSR count). The molecule has 0 bridgehead atoms. The number of thiazole rings is 1. The van der Waals surface area contributed by atoms with Crippen LogP contribution in [0.1, 0.15) is 31.7 Å². The summed E-state index contributed by atoms with van der Waals surface area (Å²) in [6.45, 7) is 8.53. The molecule has 6 heteroatoms. The number of carbonyl (C=O) groups excluding carboxylic acids is 1. The fourth-order valence-corrected chi connectivity index (χ4v) is 3.96. The van der Waals surface area contributed by atoms with Gasteiger partial charge in [-0.2, -0.15) is 0 Å². The summed E-state index contributed by atoms with van der Waals surface area (Å²) in [5.74, 6) is 1.33. The normalized spacial score (nSPS) is 16.0. The van der Waals surface area contributed by atoms with Crippen LogP contribution in [0.4, 0.5) is 0 Å². The van der Waals surface area contributed by atoms with Crippen LogP contribution < -0.4 is 0 Å². The Hall–Kier alpha value is -1.66. The highest BCUT2D eigenvalue weighted by Crippen LogP contribution is 2.23. The lowest BCUT2D eigenvalue weighted by atomic mass is 10.0. The van der Waals surface area contributed by atoms with Gasteiger partial charge < -0.3 is 9.32 Å². The maximum atomic E-state index is 12.4. The molecule has 1 amide bonds. The van der Waals surface area contributed by atoms with Crippen LogP contribution in [0.2, 0.25) is 0 Å². The van der Waals surface area contributed by atoms with Crippen molar-refractivity contribution in [1.82, 2.24) is 14.8 Å². The molecule has 5 nitrogen and oxygen atoms in total. The zero-order chi connectivity index (χ0) is 16.9. The molecule has 1 aliphatic rings. The Morgan fingerprint density at radius 2 is 2.04 bits per heavy atom. The molecule has 1 fully saturated rings. The molecule has 0 aliphatic carbocycles. The van der Waals surface area contributed by atoms with Gasteiger partial charge in [0.05, 0.1) is 12.8 Å². The smallest absolute Gasteiger partial charge is 0.225 e. The van der Waals surface area contributed by atoms with E-state index < -0.39 is 0 Å². The summed E-state index contributed by atoms with van der Waals surface area (Å²) in [5.41, 5.74) is 0.905. The molecule has 1 aliphatic heterocycles. The van der Waals surface area contributed by atoms with E-state index in [-0.39, 0.29) is 5.92 Å². The van der Waals surface area contributed by atoms with Gasteiger partial charge >= 0.3 is 0 Å². The summed E-state index contributed by atoms with van der Waals surface area (Å²) in [6, 6.07) is 3.81. The number of carbonyl (C=O) groups is 1. The first kappa shape index (κ1) is 17.2. The number of piperazine rings is 1. The number of hydrogen-bond donors (Lipinski definition) is 0. The number of furan rings is 1. The second-order valence-corrected chi connectivity index (χ2v) is 7.16. The lowest BCUT2D eigenvalue weighted by molar-refractivity contribution is -0.137. The minimum Gasteiger partial charge on any atom is -0.463 e. The molecule has 0 saturated carbocycles. The molecule has 1 saturated heterocycles. The van der Waals surface area contributed by atoms with E-state index in [9.17, 15) is 4.79 Å². The number of nitrogens with zero attached hydrogens (tertiary/aromatic N) is 3. The minimum absolute atomic E-state index is 0.186. The highest BCUT2D eigenvalue weighted by atomic mass is 32.1. The van der Waals surface area contributed by atoms with Gasteiger partial charge in [0.2, 0.25) is 5.91 Å². The van der Waals surface area contributed by atoms with Crippen LogP contribution in [0.15, 0.2) is 28.2 Å². The molecule has 2 aromatic rings. The number of aromatic nitrogens is 1. The predicted molar refractivity (Wildman–Crippen MR) is 95.7 cm³/mol. The highest BCUT2D eigenvalue weighted by Gasteiger charge is 2.25. The van der Waals surface area contributed by atoms with Gasteiger partial charge in [-0.05, 0) is 25.0 Å². The van der Waals surface area contributed by atoms with Gasteiger partial charge in [-0.15, -0.1) is 11.3 Å². The van der Waals surface area contributed by atoms with Gasteiger partial charge in [-0.1, -0.05) is 13.8 Å². The minimum atomic E-state index is 0.186. The van der Waals surface area contributed by atoms with E-state index in [1.54, 1.807) is 17.6 Å². The molecule has 0 atom stereocenters. The van der Waals surface area contributed by atoms with Crippen molar-refractivity contribution in [1.29, 1.82) is 0 Å². The summed E-state index contributed by atoms with van der Waals surface area (Å²) in [6.07, 6.45) is 3.54. The van der Waals surface area contributed by atoms with Crippen LogP contribution in [-0.2, 0) is 11.3 Å². The third kappa shape index (κ3) is 3.87. The molecule has 0 N–H and O–H groups in total. The van der Waals surface area contributed by atoms with Crippen molar-refractivity contribution in [3.05, 3.63) is 28.8 Å². The SMILES string of the molecule is CCC(CC)C(=O)N1CCN(Cc2nc(-c3ccco3)cs2)CC1. The second-order valence-electron chi connectivity index (χ2n) is 6.22. The van der Waals surface area contributed by atoms with E-state index in [1.165, 1.54) is 0 Å². The maximum Gasteiger partial charge on any atom is 0.225 e. The second kappa shape index (κ2) is 7.94. The molecule has 24 heavy (non-hydrogen) atoms. The lowest BCUT2D eigenvalue weighted by Crippen LogP contribution is -2.49. The molecule has 0 radical (unpaired) electrons.